The van der Waals surface area contributed by atoms with Crippen LogP contribution in [-0.2, 0) is 20.7 Å². The number of carbonyl (C=O) groups excluding carboxylic acids is 2. The summed E-state index contributed by atoms with van der Waals surface area (Å²) in [6.45, 7) is 1.79. The maximum Gasteiger partial charge on any atom is 0.306 e. The van der Waals surface area contributed by atoms with Gasteiger partial charge in [0.1, 0.15) is 5.75 Å². The number of carbonyl (C=O) groups is 2. The molecule has 1 fully saturated rings. The van der Waals surface area contributed by atoms with E-state index in [-0.39, 0.29) is 30.9 Å². The molecule has 0 aromatic heterocycles. The fourth-order valence-electron chi connectivity index (χ4n) is 2.27. The molecule has 1 saturated carbocycles. The summed E-state index contributed by atoms with van der Waals surface area (Å²) in [4.78, 5) is 23.3. The monoisotopic (exact) mass is 305 g/mol. The smallest absolute Gasteiger partial charge is 0.306 e. The summed E-state index contributed by atoms with van der Waals surface area (Å²) in [5, 5.41) is 2.85. The number of amides is 1. The van der Waals surface area contributed by atoms with E-state index in [1.54, 1.807) is 7.11 Å². The molecule has 22 heavy (non-hydrogen) atoms. The lowest BCUT2D eigenvalue weighted by atomic mass is 10.1. The Labute approximate surface area is 131 Å². The average Bonchev–Trinajstić information content (AvgIpc) is 3.36. The molecular weight excluding hydrogens is 282 g/mol. The van der Waals surface area contributed by atoms with Gasteiger partial charge in [0.25, 0.3) is 5.91 Å². The Bertz CT molecular complexity index is 508. The minimum Gasteiger partial charge on any atom is -0.497 e. The van der Waals surface area contributed by atoms with Crippen LogP contribution in [0.1, 0.15) is 31.7 Å². The van der Waals surface area contributed by atoms with Gasteiger partial charge in [0, 0.05) is 12.5 Å². The van der Waals surface area contributed by atoms with Crippen LogP contribution in [0, 0.1) is 5.92 Å². The van der Waals surface area contributed by atoms with Gasteiger partial charge < -0.3 is 14.8 Å². The number of ether oxygens (including phenoxy) is 2. The highest BCUT2D eigenvalue weighted by atomic mass is 16.5. The van der Waals surface area contributed by atoms with Crippen LogP contribution in [0.2, 0.25) is 0 Å². The summed E-state index contributed by atoms with van der Waals surface area (Å²) < 4.78 is 10.1. The van der Waals surface area contributed by atoms with E-state index in [0.717, 1.165) is 11.3 Å². The minimum absolute atomic E-state index is 0.172. The summed E-state index contributed by atoms with van der Waals surface area (Å²) in [6.07, 6.45) is 3.19. The molecule has 1 amide bonds. The number of methoxy groups -OCH3 is 1. The molecule has 5 heteroatoms. The van der Waals surface area contributed by atoms with Gasteiger partial charge in [0.2, 0.25) is 0 Å². The molecule has 2 rings (SSSR count). The first-order valence-corrected chi connectivity index (χ1v) is 7.66. The van der Waals surface area contributed by atoms with E-state index in [1.807, 2.05) is 31.2 Å². The maximum atomic E-state index is 11.6. The van der Waals surface area contributed by atoms with Gasteiger partial charge in [0.15, 0.2) is 6.61 Å². The number of benzene rings is 1. The molecule has 1 N–H and O–H groups in total. The minimum atomic E-state index is -0.356. The van der Waals surface area contributed by atoms with Crippen molar-refractivity contribution in [1.29, 1.82) is 0 Å². The molecule has 0 unspecified atom stereocenters. The van der Waals surface area contributed by atoms with Crippen LogP contribution in [0.3, 0.4) is 0 Å². The van der Waals surface area contributed by atoms with Gasteiger partial charge in [-0.25, -0.2) is 0 Å². The van der Waals surface area contributed by atoms with Crippen molar-refractivity contribution in [1.82, 2.24) is 5.32 Å². The van der Waals surface area contributed by atoms with Crippen LogP contribution >= 0.6 is 0 Å². The lowest BCUT2D eigenvalue weighted by Crippen LogP contribution is -2.37. The van der Waals surface area contributed by atoms with Crippen LogP contribution in [0.4, 0.5) is 0 Å². The second-order valence-electron chi connectivity index (χ2n) is 5.70. The van der Waals surface area contributed by atoms with E-state index in [1.165, 1.54) is 12.8 Å². The molecular formula is C17H23NO4. The van der Waals surface area contributed by atoms with Crippen molar-refractivity contribution in [2.75, 3.05) is 13.7 Å². The molecule has 0 bridgehead atoms. The molecule has 1 atom stereocenters. The zero-order valence-corrected chi connectivity index (χ0v) is 13.1. The molecule has 1 aliphatic rings. The quantitative estimate of drug-likeness (QED) is 0.747. The van der Waals surface area contributed by atoms with Crippen molar-refractivity contribution < 1.29 is 19.1 Å². The Morgan fingerprint density at radius 1 is 1.27 bits per heavy atom. The third-order valence-electron chi connectivity index (χ3n) is 3.86. The van der Waals surface area contributed by atoms with Crippen LogP contribution in [0.25, 0.3) is 0 Å². The third kappa shape index (κ3) is 5.39. The zero-order valence-electron chi connectivity index (χ0n) is 13.1. The summed E-state index contributed by atoms with van der Waals surface area (Å²) in [7, 11) is 1.61. The average molecular weight is 305 g/mol. The Kier molecular flexibility index (Phi) is 5.81. The van der Waals surface area contributed by atoms with Crippen molar-refractivity contribution >= 4 is 11.9 Å². The fourth-order valence-corrected chi connectivity index (χ4v) is 2.27. The second kappa shape index (κ2) is 7.82. The first kappa shape index (κ1) is 16.3. The largest absolute Gasteiger partial charge is 0.497 e. The van der Waals surface area contributed by atoms with Gasteiger partial charge in [-0.2, -0.15) is 0 Å². The van der Waals surface area contributed by atoms with E-state index in [9.17, 15) is 9.59 Å². The van der Waals surface area contributed by atoms with E-state index in [2.05, 4.69) is 5.32 Å². The Morgan fingerprint density at radius 2 is 1.95 bits per heavy atom. The predicted octanol–water partition coefficient (Wildman–Crippen LogP) is 2.09. The first-order valence-electron chi connectivity index (χ1n) is 7.66. The topological polar surface area (TPSA) is 64.6 Å². The number of hydrogen-bond donors (Lipinski definition) is 1. The van der Waals surface area contributed by atoms with E-state index in [4.69, 9.17) is 9.47 Å². The number of aryl methyl sites for hydroxylation is 1. The molecule has 0 saturated heterocycles. The van der Waals surface area contributed by atoms with E-state index < -0.39 is 0 Å². The van der Waals surface area contributed by atoms with Gasteiger partial charge >= 0.3 is 5.97 Å². The Morgan fingerprint density at radius 3 is 2.55 bits per heavy atom. The molecule has 0 aliphatic heterocycles. The predicted molar refractivity (Wildman–Crippen MR) is 82.6 cm³/mol. The van der Waals surface area contributed by atoms with Crippen LogP contribution in [-0.4, -0.2) is 31.6 Å². The molecule has 0 radical (unpaired) electrons. The maximum absolute atomic E-state index is 11.6. The molecule has 120 valence electrons. The van der Waals surface area contributed by atoms with Gasteiger partial charge in [-0.15, -0.1) is 0 Å². The van der Waals surface area contributed by atoms with Crippen LogP contribution in [0.5, 0.6) is 5.75 Å². The summed E-state index contributed by atoms with van der Waals surface area (Å²) >= 11 is 0. The van der Waals surface area contributed by atoms with Gasteiger partial charge in [-0.05, 0) is 49.8 Å². The highest BCUT2D eigenvalue weighted by Crippen LogP contribution is 2.32. The number of nitrogens with one attached hydrogen (secondary N) is 1. The summed E-state index contributed by atoms with van der Waals surface area (Å²) in [5.74, 6) is 0.796. The van der Waals surface area contributed by atoms with Crippen molar-refractivity contribution in [2.45, 2.75) is 38.6 Å². The summed E-state index contributed by atoms with van der Waals surface area (Å²) in [6, 6.07) is 7.71. The van der Waals surface area contributed by atoms with Crippen molar-refractivity contribution in [3.63, 3.8) is 0 Å². The zero-order chi connectivity index (χ0) is 15.9. The van der Waals surface area contributed by atoms with Gasteiger partial charge in [0.05, 0.1) is 7.11 Å². The van der Waals surface area contributed by atoms with Crippen molar-refractivity contribution in [3.05, 3.63) is 29.8 Å². The van der Waals surface area contributed by atoms with Crippen molar-refractivity contribution in [3.8, 4) is 5.75 Å². The summed E-state index contributed by atoms with van der Waals surface area (Å²) in [5.41, 5.74) is 1.03. The number of rotatable bonds is 8. The lowest BCUT2D eigenvalue weighted by molar-refractivity contribution is -0.148. The number of hydrogen-bond acceptors (Lipinski definition) is 4. The molecule has 0 heterocycles. The first-order chi connectivity index (χ1) is 10.6. The molecule has 1 aromatic carbocycles. The SMILES string of the molecule is COc1ccc(CCC(=O)OCC(=O)N[C@H](C)C2CC2)cc1. The Balaban J connectivity index is 1.63. The molecule has 0 spiro atoms. The molecule has 1 aliphatic carbocycles. The van der Waals surface area contributed by atoms with E-state index in [0.29, 0.717) is 12.3 Å². The highest BCUT2D eigenvalue weighted by molar-refractivity contribution is 5.80. The molecule has 1 aromatic rings. The normalized spacial score (nSPS) is 15.0. The van der Waals surface area contributed by atoms with E-state index >= 15 is 0 Å². The third-order valence-corrected chi connectivity index (χ3v) is 3.86. The number of esters is 1. The van der Waals surface area contributed by atoms with Crippen LogP contribution < -0.4 is 10.1 Å². The highest BCUT2D eigenvalue weighted by Gasteiger charge is 2.28. The fraction of sp³-hybridized carbons (Fsp3) is 0.529. The van der Waals surface area contributed by atoms with Gasteiger partial charge in [-0.3, -0.25) is 9.59 Å². The standard InChI is InChI=1S/C17H23NO4/c1-12(14-6-7-14)18-16(19)11-22-17(20)10-5-13-3-8-15(21-2)9-4-13/h3-4,8-9,12,14H,5-7,10-11H2,1-2H3,(H,18,19)/t12-/m1/s1. The second-order valence-corrected chi connectivity index (χ2v) is 5.70. The lowest BCUT2D eigenvalue weighted by Gasteiger charge is -2.12. The Hall–Kier alpha value is -2.04. The molecule has 5 nitrogen and oxygen atoms in total. The van der Waals surface area contributed by atoms with Crippen molar-refractivity contribution in [2.24, 2.45) is 5.92 Å². The van der Waals surface area contributed by atoms with Gasteiger partial charge in [-0.1, -0.05) is 12.1 Å². The van der Waals surface area contributed by atoms with Crippen LogP contribution in [0.15, 0.2) is 24.3 Å².